The quantitative estimate of drug-likeness (QED) is 0.187. The molecule has 0 unspecified atom stereocenters. The summed E-state index contributed by atoms with van der Waals surface area (Å²) in [7, 11) is 0. The van der Waals surface area contributed by atoms with Crippen LogP contribution in [0.15, 0.2) is 133 Å². The highest BCUT2D eigenvalue weighted by Gasteiger charge is 2.16. The monoisotopic (exact) mass is 644 g/mol. The van der Waals surface area contributed by atoms with Crippen molar-refractivity contribution in [1.82, 2.24) is 19.9 Å². The summed E-state index contributed by atoms with van der Waals surface area (Å²) in [5.74, 6) is -0.326. The molecule has 50 heavy (non-hydrogen) atoms. The molecule has 6 aromatic rings. The predicted octanol–water partition coefficient (Wildman–Crippen LogP) is 9.75. The largest absolute Gasteiger partial charge is 0.355 e. The fourth-order valence-electron chi connectivity index (χ4n) is 6.57. The molecule has 6 nitrogen and oxygen atoms in total. The lowest BCUT2D eigenvalue weighted by Crippen LogP contribution is -2.06. The van der Waals surface area contributed by atoms with E-state index in [0.29, 0.717) is 5.57 Å². The molecule has 2 N–H and O–H groups in total. The third-order valence-corrected chi connectivity index (χ3v) is 9.09. The van der Waals surface area contributed by atoms with Crippen molar-refractivity contribution in [3.8, 4) is 33.4 Å². The zero-order chi connectivity index (χ0) is 33.6. The van der Waals surface area contributed by atoms with Crippen LogP contribution in [0, 0.1) is 0 Å². The van der Waals surface area contributed by atoms with Gasteiger partial charge < -0.3 is 9.97 Å². The SMILES string of the molecule is O=C1C=CC(=O)C(c2ccc(-c3ccc(-c4ccc(-c5c6nc(cc7ccc(cc8nc(cc9ccc5[nH]9)C=C8)[nH]7)C=C6)cc4)cc3)cc2)=C1. The van der Waals surface area contributed by atoms with Gasteiger partial charge in [0.25, 0.3) is 0 Å². The first kappa shape index (κ1) is 29.2. The summed E-state index contributed by atoms with van der Waals surface area (Å²) in [6.07, 6.45) is 12.2. The Labute approximate surface area is 287 Å². The van der Waals surface area contributed by atoms with E-state index >= 15 is 0 Å². The molecule has 236 valence electrons. The smallest absolute Gasteiger partial charge is 0.186 e. The van der Waals surface area contributed by atoms with Gasteiger partial charge >= 0.3 is 0 Å². The van der Waals surface area contributed by atoms with Gasteiger partial charge in [0.1, 0.15) is 0 Å². The van der Waals surface area contributed by atoms with E-state index < -0.39 is 0 Å². The number of nitrogens with one attached hydrogen (secondary N) is 2. The van der Waals surface area contributed by atoms with Crippen LogP contribution in [-0.2, 0) is 9.59 Å². The molecule has 0 atom stereocenters. The molecule has 8 bridgehead atoms. The molecule has 0 amide bonds. The van der Waals surface area contributed by atoms with Gasteiger partial charge in [-0.05, 0) is 118 Å². The number of hydrogen-bond donors (Lipinski definition) is 2. The van der Waals surface area contributed by atoms with Gasteiger partial charge in [0.05, 0.1) is 22.8 Å². The minimum Gasteiger partial charge on any atom is -0.355 e. The number of rotatable bonds is 4. The number of ketones is 2. The minimum absolute atomic E-state index is 0.155. The number of allylic oxidation sites excluding steroid dienone is 4. The van der Waals surface area contributed by atoms with Crippen LogP contribution < -0.4 is 0 Å². The molecule has 0 spiro atoms. The second kappa shape index (κ2) is 12.0. The number of fused-ring (bicyclic) bond motifs is 8. The summed E-state index contributed by atoms with van der Waals surface area (Å²) in [6.45, 7) is 0. The van der Waals surface area contributed by atoms with Crippen LogP contribution in [0.5, 0.6) is 0 Å². The van der Waals surface area contributed by atoms with Crippen molar-refractivity contribution in [2.75, 3.05) is 0 Å². The maximum Gasteiger partial charge on any atom is 0.186 e. The van der Waals surface area contributed by atoms with Crippen molar-refractivity contribution < 1.29 is 9.59 Å². The average Bonchev–Trinajstić information content (AvgIpc) is 3.97. The van der Waals surface area contributed by atoms with Crippen LogP contribution in [-0.4, -0.2) is 31.5 Å². The second-order valence-electron chi connectivity index (χ2n) is 12.4. The lowest BCUT2D eigenvalue weighted by atomic mass is 9.94. The first-order valence-corrected chi connectivity index (χ1v) is 16.4. The zero-order valence-corrected chi connectivity index (χ0v) is 26.7. The van der Waals surface area contributed by atoms with E-state index in [-0.39, 0.29) is 11.6 Å². The van der Waals surface area contributed by atoms with E-state index in [4.69, 9.17) is 9.97 Å². The van der Waals surface area contributed by atoms with Crippen LogP contribution >= 0.6 is 0 Å². The van der Waals surface area contributed by atoms with Gasteiger partial charge in [0.2, 0.25) is 0 Å². The highest BCUT2D eigenvalue weighted by atomic mass is 16.1. The Morgan fingerprint density at radius 2 is 0.900 bits per heavy atom. The zero-order valence-electron chi connectivity index (χ0n) is 26.7. The normalized spacial score (nSPS) is 13.6. The van der Waals surface area contributed by atoms with E-state index in [0.717, 1.165) is 83.8 Å². The van der Waals surface area contributed by atoms with Gasteiger partial charge in [-0.15, -0.1) is 0 Å². The molecule has 5 heterocycles. The lowest BCUT2D eigenvalue weighted by Gasteiger charge is -2.10. The summed E-state index contributed by atoms with van der Waals surface area (Å²) in [5.41, 5.74) is 15.0. The molecule has 0 fully saturated rings. The molecular weight excluding hydrogens is 617 g/mol. The Bertz CT molecular complexity index is 2650. The van der Waals surface area contributed by atoms with Gasteiger partial charge in [-0.3, -0.25) is 9.59 Å². The Morgan fingerprint density at radius 1 is 0.420 bits per heavy atom. The molecule has 0 radical (unpaired) electrons. The first-order valence-electron chi connectivity index (χ1n) is 16.4. The maximum absolute atomic E-state index is 12.3. The molecular formula is C44H28N4O2. The van der Waals surface area contributed by atoms with Crippen LogP contribution in [0.2, 0.25) is 0 Å². The Morgan fingerprint density at radius 3 is 1.50 bits per heavy atom. The second-order valence-corrected chi connectivity index (χ2v) is 12.4. The van der Waals surface area contributed by atoms with Crippen molar-refractivity contribution in [2.45, 2.75) is 0 Å². The molecule has 2 aliphatic heterocycles. The number of nitrogens with zero attached hydrogens (tertiary/aromatic N) is 2. The standard InChI is InChI=1S/C44H28N4O2/c49-39-19-22-43(50)40(26-39)31-9-5-29(6-10-31)27-1-3-28(4-2-27)30-7-11-32(12-8-30)44-41-20-17-37(47-41)24-35-15-13-33(45-35)23-34-14-16-36(46-34)25-38-18-21-42(44)48-38/h1-26,45,48H. The lowest BCUT2D eigenvalue weighted by molar-refractivity contribution is -0.113. The van der Waals surface area contributed by atoms with E-state index in [2.05, 4.69) is 101 Å². The van der Waals surface area contributed by atoms with E-state index in [9.17, 15) is 9.59 Å². The van der Waals surface area contributed by atoms with Crippen molar-refractivity contribution in [1.29, 1.82) is 0 Å². The summed E-state index contributed by atoms with van der Waals surface area (Å²) in [4.78, 5) is 40.9. The molecule has 6 heteroatoms. The third kappa shape index (κ3) is 5.65. The van der Waals surface area contributed by atoms with Crippen molar-refractivity contribution >= 4 is 63.5 Å². The van der Waals surface area contributed by atoms with Crippen molar-refractivity contribution in [3.63, 3.8) is 0 Å². The minimum atomic E-state index is -0.171. The van der Waals surface area contributed by atoms with Crippen LogP contribution in [0.3, 0.4) is 0 Å². The molecule has 3 aromatic carbocycles. The number of carbonyl (C=O) groups is 2. The molecule has 3 aromatic heterocycles. The molecule has 0 saturated heterocycles. The van der Waals surface area contributed by atoms with E-state index in [1.54, 1.807) is 0 Å². The Hall–Kier alpha value is -6.92. The maximum atomic E-state index is 12.3. The van der Waals surface area contributed by atoms with Gasteiger partial charge in [-0.2, -0.15) is 0 Å². The van der Waals surface area contributed by atoms with E-state index in [1.165, 1.54) is 18.2 Å². The molecule has 1 aliphatic carbocycles. The number of carbonyl (C=O) groups excluding carboxylic acids is 2. The molecule has 3 aliphatic rings. The summed E-state index contributed by atoms with van der Waals surface area (Å²) in [6, 6.07) is 39.2. The van der Waals surface area contributed by atoms with Crippen molar-refractivity contribution in [3.05, 3.63) is 162 Å². The number of benzene rings is 3. The highest BCUT2D eigenvalue weighted by Crippen LogP contribution is 2.33. The molecule has 9 rings (SSSR count). The average molecular weight is 645 g/mol. The number of hydrogen-bond acceptors (Lipinski definition) is 4. The number of aromatic amines is 2. The Balaban J connectivity index is 1.05. The summed E-state index contributed by atoms with van der Waals surface area (Å²) >= 11 is 0. The third-order valence-electron chi connectivity index (χ3n) is 9.09. The summed E-state index contributed by atoms with van der Waals surface area (Å²) < 4.78 is 0. The number of H-pyrrole nitrogens is 2. The fraction of sp³-hybridized carbons (Fsp3) is 0. The highest BCUT2D eigenvalue weighted by molar-refractivity contribution is 6.33. The van der Waals surface area contributed by atoms with Crippen LogP contribution in [0.1, 0.15) is 28.3 Å². The van der Waals surface area contributed by atoms with Gasteiger partial charge in [-0.1, -0.05) is 72.8 Å². The van der Waals surface area contributed by atoms with Gasteiger partial charge in [-0.25, -0.2) is 9.97 Å². The molecule has 0 saturated carbocycles. The first-order chi connectivity index (χ1) is 24.5. The fourth-order valence-corrected chi connectivity index (χ4v) is 6.57. The predicted molar refractivity (Wildman–Crippen MR) is 202 cm³/mol. The van der Waals surface area contributed by atoms with Crippen LogP contribution in [0.25, 0.3) is 85.3 Å². The van der Waals surface area contributed by atoms with Gasteiger partial charge in [0, 0.05) is 33.2 Å². The van der Waals surface area contributed by atoms with Crippen molar-refractivity contribution in [2.24, 2.45) is 0 Å². The topological polar surface area (TPSA) is 91.5 Å². The van der Waals surface area contributed by atoms with Crippen LogP contribution in [0.4, 0.5) is 0 Å². The van der Waals surface area contributed by atoms with Gasteiger partial charge in [0.15, 0.2) is 11.6 Å². The van der Waals surface area contributed by atoms with E-state index in [1.807, 2.05) is 48.6 Å². The summed E-state index contributed by atoms with van der Waals surface area (Å²) in [5, 5.41) is 0. The number of aromatic nitrogens is 4. The Kier molecular flexibility index (Phi) is 6.99.